The van der Waals surface area contributed by atoms with Gasteiger partial charge in [0.25, 0.3) is 5.91 Å². The second-order valence-electron chi connectivity index (χ2n) is 5.04. The van der Waals surface area contributed by atoms with Gasteiger partial charge in [0.15, 0.2) is 0 Å². The van der Waals surface area contributed by atoms with Crippen molar-refractivity contribution in [2.45, 2.75) is 25.9 Å². The first-order valence-electron chi connectivity index (χ1n) is 6.79. The molecule has 0 saturated carbocycles. The molecule has 2 aromatic rings. The summed E-state index contributed by atoms with van der Waals surface area (Å²) >= 11 is 1.78. The number of carbonyl (C=O) groups excluding carboxylic acids is 1. The molecule has 0 fully saturated rings. The number of hydrogen-bond donors (Lipinski definition) is 2. The van der Waals surface area contributed by atoms with E-state index in [1.807, 2.05) is 12.1 Å². The Hall–Kier alpha value is -1.76. The second kappa shape index (κ2) is 7.31. The van der Waals surface area contributed by atoms with Gasteiger partial charge in [0.05, 0.1) is 5.69 Å². The summed E-state index contributed by atoms with van der Waals surface area (Å²) in [7, 11) is 2.07. The van der Waals surface area contributed by atoms with Gasteiger partial charge < -0.3 is 0 Å². The highest BCUT2D eigenvalue weighted by atomic mass is 32.1. The molecule has 0 spiro atoms. The highest BCUT2D eigenvalue weighted by Crippen LogP contribution is 2.14. The number of hydrogen-bond acceptors (Lipinski definition) is 5. The fourth-order valence-corrected chi connectivity index (χ4v) is 2.88. The van der Waals surface area contributed by atoms with Crippen LogP contribution in [0.3, 0.4) is 0 Å². The van der Waals surface area contributed by atoms with E-state index < -0.39 is 0 Å². The van der Waals surface area contributed by atoms with Crippen LogP contribution in [-0.2, 0) is 13.0 Å². The number of hydrazine groups is 1. The molecule has 1 atom stereocenters. The zero-order valence-electron chi connectivity index (χ0n) is 12.2. The van der Waals surface area contributed by atoms with Gasteiger partial charge in [0, 0.05) is 17.5 Å². The number of pyridine rings is 1. The number of thiophene rings is 1. The van der Waals surface area contributed by atoms with Crippen LogP contribution >= 0.6 is 11.3 Å². The summed E-state index contributed by atoms with van der Waals surface area (Å²) < 4.78 is 0. The maximum Gasteiger partial charge on any atom is 0.283 e. The quantitative estimate of drug-likeness (QED) is 0.485. The largest absolute Gasteiger partial charge is 0.298 e. The molecule has 0 aliphatic rings. The van der Waals surface area contributed by atoms with Crippen LogP contribution in [0, 0.1) is 0 Å². The molecule has 0 aliphatic carbocycles. The van der Waals surface area contributed by atoms with Gasteiger partial charge in [0.1, 0.15) is 5.69 Å². The average molecular weight is 304 g/mol. The Balaban J connectivity index is 1.98. The number of nitrogen functional groups attached to an aromatic ring is 1. The van der Waals surface area contributed by atoms with E-state index in [1.54, 1.807) is 17.4 Å². The molecule has 2 heterocycles. The molecule has 1 unspecified atom stereocenters. The Bertz CT molecular complexity index is 585. The lowest BCUT2D eigenvalue weighted by Crippen LogP contribution is -2.32. The highest BCUT2D eigenvalue weighted by molar-refractivity contribution is 7.09. The Morgan fingerprint density at radius 3 is 2.90 bits per heavy atom. The number of nitrogens with two attached hydrogens (primary N) is 1. The zero-order chi connectivity index (χ0) is 15.2. The Morgan fingerprint density at radius 1 is 1.43 bits per heavy atom. The summed E-state index contributed by atoms with van der Waals surface area (Å²) in [6.07, 6.45) is 1.01. The van der Waals surface area contributed by atoms with E-state index >= 15 is 0 Å². The van der Waals surface area contributed by atoms with Crippen molar-refractivity contribution in [1.82, 2.24) is 15.3 Å². The smallest absolute Gasteiger partial charge is 0.283 e. The lowest BCUT2D eigenvalue weighted by Gasteiger charge is -2.24. The monoisotopic (exact) mass is 304 g/mol. The molecule has 5 nitrogen and oxygen atoms in total. The lowest BCUT2D eigenvalue weighted by molar-refractivity contribution is 0.0948. The number of amides is 1. The summed E-state index contributed by atoms with van der Waals surface area (Å²) in [5.74, 6) is 4.76. The third kappa shape index (κ3) is 4.35. The molecule has 21 heavy (non-hydrogen) atoms. The van der Waals surface area contributed by atoms with Crippen LogP contribution in [0.1, 0.15) is 28.0 Å². The maximum atomic E-state index is 11.5. The minimum atomic E-state index is -0.369. The fraction of sp³-hybridized carbons (Fsp3) is 0.333. The van der Waals surface area contributed by atoms with Crippen LogP contribution in [0.2, 0.25) is 0 Å². The van der Waals surface area contributed by atoms with Gasteiger partial charge in [-0.05, 0) is 44.0 Å². The highest BCUT2D eigenvalue weighted by Gasteiger charge is 2.13. The van der Waals surface area contributed by atoms with E-state index in [1.165, 1.54) is 4.88 Å². The van der Waals surface area contributed by atoms with Crippen molar-refractivity contribution in [2.75, 3.05) is 7.05 Å². The standard InChI is InChI=1S/C15H20N4OS/c1-11(9-13-6-4-8-21-13)19(2)10-12-5-3-7-14(17-12)15(20)18-16/h3-8,11H,9-10,16H2,1-2H3,(H,18,20). The van der Waals surface area contributed by atoms with Gasteiger partial charge in [-0.1, -0.05) is 12.1 Å². The molecule has 1 amide bonds. The molecule has 2 rings (SSSR count). The molecule has 0 bridgehead atoms. The summed E-state index contributed by atoms with van der Waals surface area (Å²) in [5, 5.41) is 2.10. The zero-order valence-corrected chi connectivity index (χ0v) is 13.1. The minimum Gasteiger partial charge on any atom is -0.298 e. The third-order valence-electron chi connectivity index (χ3n) is 3.41. The van der Waals surface area contributed by atoms with Gasteiger partial charge >= 0.3 is 0 Å². The van der Waals surface area contributed by atoms with Gasteiger partial charge in [-0.3, -0.25) is 15.1 Å². The van der Waals surface area contributed by atoms with Gasteiger partial charge in [-0.15, -0.1) is 11.3 Å². The molecule has 112 valence electrons. The van der Waals surface area contributed by atoms with E-state index in [-0.39, 0.29) is 5.91 Å². The van der Waals surface area contributed by atoms with E-state index in [2.05, 4.69) is 46.8 Å². The summed E-state index contributed by atoms with van der Waals surface area (Å²) in [6, 6.07) is 10.0. The van der Waals surface area contributed by atoms with Crippen LogP contribution in [0.15, 0.2) is 35.7 Å². The van der Waals surface area contributed by atoms with Crippen molar-refractivity contribution in [3.05, 3.63) is 52.0 Å². The Morgan fingerprint density at radius 2 is 2.24 bits per heavy atom. The topological polar surface area (TPSA) is 71.2 Å². The van der Waals surface area contributed by atoms with Gasteiger partial charge in [-0.2, -0.15) is 0 Å². The fourth-order valence-electron chi connectivity index (χ4n) is 2.06. The predicted molar refractivity (Wildman–Crippen MR) is 84.8 cm³/mol. The van der Waals surface area contributed by atoms with Gasteiger partial charge in [0.2, 0.25) is 0 Å². The molecular weight excluding hydrogens is 284 g/mol. The number of likely N-dealkylation sites (N-methyl/N-ethyl adjacent to an activating group) is 1. The molecule has 0 radical (unpaired) electrons. The second-order valence-corrected chi connectivity index (χ2v) is 6.07. The lowest BCUT2D eigenvalue weighted by atomic mass is 10.1. The van der Waals surface area contributed by atoms with E-state index in [0.717, 1.165) is 12.1 Å². The molecule has 2 aromatic heterocycles. The van der Waals surface area contributed by atoms with Crippen molar-refractivity contribution in [1.29, 1.82) is 0 Å². The van der Waals surface area contributed by atoms with E-state index in [9.17, 15) is 4.79 Å². The molecule has 6 heteroatoms. The minimum absolute atomic E-state index is 0.342. The first-order chi connectivity index (χ1) is 10.1. The Kier molecular flexibility index (Phi) is 5.44. The summed E-state index contributed by atoms with van der Waals surface area (Å²) in [4.78, 5) is 19.4. The molecule has 0 aliphatic heterocycles. The molecule has 3 N–H and O–H groups in total. The van der Waals surface area contributed by atoms with Crippen LogP contribution in [0.4, 0.5) is 0 Å². The number of nitrogens with zero attached hydrogens (tertiary/aromatic N) is 2. The van der Waals surface area contributed by atoms with Crippen molar-refractivity contribution >= 4 is 17.2 Å². The van der Waals surface area contributed by atoms with Crippen LogP contribution in [0.25, 0.3) is 0 Å². The number of aromatic nitrogens is 1. The summed E-state index contributed by atoms with van der Waals surface area (Å²) in [6.45, 7) is 2.88. The van der Waals surface area contributed by atoms with Crippen LogP contribution in [0.5, 0.6) is 0 Å². The number of carbonyl (C=O) groups is 1. The average Bonchev–Trinajstić information content (AvgIpc) is 2.99. The van der Waals surface area contributed by atoms with E-state index in [0.29, 0.717) is 18.3 Å². The SMILES string of the molecule is CC(Cc1cccs1)N(C)Cc1cccc(C(=O)NN)n1. The Labute approximate surface area is 128 Å². The maximum absolute atomic E-state index is 11.5. The van der Waals surface area contributed by atoms with Crippen molar-refractivity contribution < 1.29 is 4.79 Å². The number of nitrogens with one attached hydrogen (secondary N) is 1. The summed E-state index contributed by atoms with van der Waals surface area (Å²) in [5.41, 5.74) is 3.30. The molecule has 0 saturated heterocycles. The third-order valence-corrected chi connectivity index (χ3v) is 4.31. The normalized spacial score (nSPS) is 12.4. The van der Waals surface area contributed by atoms with E-state index in [4.69, 9.17) is 5.84 Å². The van der Waals surface area contributed by atoms with Crippen molar-refractivity contribution in [3.8, 4) is 0 Å². The van der Waals surface area contributed by atoms with Crippen LogP contribution in [-0.4, -0.2) is 28.9 Å². The first kappa shape index (κ1) is 15.6. The number of rotatable bonds is 6. The van der Waals surface area contributed by atoms with Crippen molar-refractivity contribution in [2.24, 2.45) is 5.84 Å². The molecule has 0 aromatic carbocycles. The van der Waals surface area contributed by atoms with Gasteiger partial charge in [-0.25, -0.2) is 10.8 Å². The first-order valence-corrected chi connectivity index (χ1v) is 7.67. The van der Waals surface area contributed by atoms with Crippen molar-refractivity contribution in [3.63, 3.8) is 0 Å². The van der Waals surface area contributed by atoms with Crippen LogP contribution < -0.4 is 11.3 Å². The predicted octanol–water partition coefficient (Wildman–Crippen LogP) is 1.81. The molecular formula is C15H20N4OS.